The lowest BCUT2D eigenvalue weighted by Gasteiger charge is -2.17. The van der Waals surface area contributed by atoms with E-state index in [1.54, 1.807) is 0 Å². The quantitative estimate of drug-likeness (QED) is 0.581. The van der Waals surface area contributed by atoms with Crippen molar-refractivity contribution in [1.82, 2.24) is 0 Å². The molecule has 0 aliphatic carbocycles. The number of unbranched alkanes of at least 4 members (excludes halogenated alkanes) is 2. The molecular formula is C22H28NO2+. The van der Waals surface area contributed by atoms with E-state index in [9.17, 15) is 4.79 Å². The third kappa shape index (κ3) is 3.20. The molecule has 0 saturated carbocycles. The predicted octanol–water partition coefficient (Wildman–Crippen LogP) is 5.19. The van der Waals surface area contributed by atoms with Gasteiger partial charge in [-0.15, -0.1) is 0 Å². The molecule has 0 amide bonds. The van der Waals surface area contributed by atoms with Crippen LogP contribution in [-0.4, -0.2) is 27.9 Å². The zero-order valence-electron chi connectivity index (χ0n) is 15.7. The first-order valence-electron chi connectivity index (χ1n) is 9.19. The van der Waals surface area contributed by atoms with Gasteiger partial charge < -0.3 is 5.11 Å². The highest BCUT2D eigenvalue weighted by Crippen LogP contribution is 2.44. The summed E-state index contributed by atoms with van der Waals surface area (Å²) in [5.41, 5.74) is 5.43. The number of aryl methyl sites for hydroxylation is 1. The minimum Gasteiger partial charge on any atom is -0.481 e. The lowest BCUT2D eigenvalue weighted by molar-refractivity contribution is -0.439. The van der Waals surface area contributed by atoms with Crippen molar-refractivity contribution in [3.63, 3.8) is 0 Å². The molecule has 0 fully saturated rings. The molecule has 2 aromatic rings. The lowest BCUT2D eigenvalue weighted by atomic mass is 9.79. The fraction of sp³-hybridized carbons (Fsp3) is 0.455. The van der Waals surface area contributed by atoms with E-state index in [0.717, 1.165) is 25.8 Å². The van der Waals surface area contributed by atoms with E-state index >= 15 is 0 Å². The Morgan fingerprint density at radius 1 is 1.08 bits per heavy atom. The van der Waals surface area contributed by atoms with Crippen LogP contribution >= 0.6 is 0 Å². The molecule has 3 heteroatoms. The maximum absolute atomic E-state index is 10.7. The van der Waals surface area contributed by atoms with E-state index in [1.807, 2.05) is 0 Å². The van der Waals surface area contributed by atoms with Crippen LogP contribution in [0.25, 0.3) is 10.8 Å². The summed E-state index contributed by atoms with van der Waals surface area (Å²) in [7, 11) is 0. The zero-order chi connectivity index (χ0) is 18.2. The normalized spacial score (nSPS) is 15.7. The van der Waals surface area contributed by atoms with E-state index < -0.39 is 5.97 Å². The minimum atomic E-state index is -0.697. The van der Waals surface area contributed by atoms with Gasteiger partial charge in [-0.2, -0.15) is 4.58 Å². The van der Waals surface area contributed by atoms with Crippen LogP contribution in [0.2, 0.25) is 0 Å². The number of rotatable bonds is 6. The molecule has 1 aliphatic rings. The van der Waals surface area contributed by atoms with Crippen molar-refractivity contribution in [3.05, 3.63) is 41.5 Å². The van der Waals surface area contributed by atoms with Crippen molar-refractivity contribution < 1.29 is 14.5 Å². The van der Waals surface area contributed by atoms with Crippen molar-refractivity contribution in [3.8, 4) is 0 Å². The zero-order valence-corrected chi connectivity index (χ0v) is 15.7. The smallest absolute Gasteiger partial charge is 0.303 e. The van der Waals surface area contributed by atoms with Crippen LogP contribution in [0, 0.1) is 6.92 Å². The van der Waals surface area contributed by atoms with Crippen LogP contribution in [0.1, 0.15) is 57.6 Å². The van der Waals surface area contributed by atoms with Gasteiger partial charge in [0.05, 0.1) is 5.41 Å². The van der Waals surface area contributed by atoms with Crippen molar-refractivity contribution in [2.45, 2.75) is 58.8 Å². The first-order chi connectivity index (χ1) is 11.8. The van der Waals surface area contributed by atoms with Crippen LogP contribution < -0.4 is 0 Å². The molecule has 2 aromatic carbocycles. The summed E-state index contributed by atoms with van der Waals surface area (Å²) < 4.78 is 2.44. The van der Waals surface area contributed by atoms with Gasteiger partial charge in [-0.3, -0.25) is 4.79 Å². The van der Waals surface area contributed by atoms with Gasteiger partial charge in [0.15, 0.2) is 5.71 Å². The van der Waals surface area contributed by atoms with E-state index in [-0.39, 0.29) is 11.8 Å². The standard InChI is InChI=1S/C22H27NO2/c1-15-9-11-18-17(14-15)10-12-19-21(18)22(3,4)16(2)23(19)13-7-5-6-8-20(24)25/h9-12,14H,5-8,13H2,1-4H3/p+1. The Morgan fingerprint density at radius 2 is 1.84 bits per heavy atom. The number of carboxylic acids is 1. The van der Waals surface area contributed by atoms with Crippen molar-refractivity contribution in [1.29, 1.82) is 0 Å². The van der Waals surface area contributed by atoms with Crippen LogP contribution in [-0.2, 0) is 10.2 Å². The number of fused-ring (bicyclic) bond motifs is 3. The fourth-order valence-corrected chi connectivity index (χ4v) is 4.03. The summed E-state index contributed by atoms with van der Waals surface area (Å²) in [6.45, 7) is 9.95. The highest BCUT2D eigenvalue weighted by molar-refractivity contribution is 6.01. The Hall–Kier alpha value is -2.16. The molecule has 0 saturated heterocycles. The average molecular weight is 338 g/mol. The first kappa shape index (κ1) is 17.7. The Morgan fingerprint density at radius 3 is 2.56 bits per heavy atom. The summed E-state index contributed by atoms with van der Waals surface area (Å²) in [4.78, 5) is 10.7. The lowest BCUT2D eigenvalue weighted by Crippen LogP contribution is -2.26. The van der Waals surface area contributed by atoms with Crippen LogP contribution in [0.3, 0.4) is 0 Å². The molecular weight excluding hydrogens is 310 g/mol. The largest absolute Gasteiger partial charge is 0.481 e. The Balaban J connectivity index is 1.90. The van der Waals surface area contributed by atoms with Crippen LogP contribution in [0.5, 0.6) is 0 Å². The SMILES string of the molecule is CC1=[N+](CCCCCC(=O)O)c2ccc3cc(C)ccc3c2C1(C)C. The molecule has 25 heavy (non-hydrogen) atoms. The second-order valence-corrected chi connectivity index (χ2v) is 7.75. The van der Waals surface area contributed by atoms with Crippen molar-refractivity contribution in [2.75, 3.05) is 6.54 Å². The Bertz CT molecular complexity index is 862. The van der Waals surface area contributed by atoms with Gasteiger partial charge in [-0.05, 0) is 50.5 Å². The number of carbonyl (C=O) groups is 1. The van der Waals surface area contributed by atoms with Gasteiger partial charge in [0.25, 0.3) is 0 Å². The van der Waals surface area contributed by atoms with Gasteiger partial charge in [-0.1, -0.05) is 23.8 Å². The molecule has 132 valence electrons. The van der Waals surface area contributed by atoms with Gasteiger partial charge in [0.2, 0.25) is 5.69 Å². The van der Waals surface area contributed by atoms with Crippen molar-refractivity contribution >= 4 is 28.1 Å². The van der Waals surface area contributed by atoms with E-state index in [2.05, 4.69) is 62.6 Å². The number of nitrogens with zero attached hydrogens (tertiary/aromatic N) is 1. The molecule has 0 radical (unpaired) electrons. The van der Waals surface area contributed by atoms with Gasteiger partial charge in [-0.25, -0.2) is 0 Å². The molecule has 1 aliphatic heterocycles. The summed E-state index contributed by atoms with van der Waals surface area (Å²) in [6, 6.07) is 11.2. The fourth-order valence-electron chi connectivity index (χ4n) is 4.03. The number of carboxylic acid groups (broad SMARTS) is 1. The maximum Gasteiger partial charge on any atom is 0.303 e. The second-order valence-electron chi connectivity index (χ2n) is 7.75. The summed E-state index contributed by atoms with van der Waals surface area (Å²) in [5.74, 6) is -0.697. The molecule has 0 aromatic heterocycles. The second kappa shape index (κ2) is 6.62. The number of aliphatic carboxylic acids is 1. The number of hydrogen-bond donors (Lipinski definition) is 1. The molecule has 3 nitrogen and oxygen atoms in total. The van der Waals surface area contributed by atoms with Crippen molar-refractivity contribution in [2.24, 2.45) is 0 Å². The topological polar surface area (TPSA) is 40.3 Å². The average Bonchev–Trinajstić information content (AvgIpc) is 2.74. The summed E-state index contributed by atoms with van der Waals surface area (Å²) >= 11 is 0. The molecule has 3 rings (SSSR count). The molecule has 1 heterocycles. The highest BCUT2D eigenvalue weighted by atomic mass is 16.4. The van der Waals surface area contributed by atoms with E-state index in [4.69, 9.17) is 5.11 Å². The molecule has 1 N–H and O–H groups in total. The summed E-state index contributed by atoms with van der Waals surface area (Å²) in [5, 5.41) is 11.4. The van der Waals surface area contributed by atoms with E-state index in [1.165, 1.54) is 33.3 Å². The predicted molar refractivity (Wildman–Crippen MR) is 103 cm³/mol. The van der Waals surface area contributed by atoms with E-state index in [0.29, 0.717) is 0 Å². The Labute approximate surface area is 150 Å². The van der Waals surface area contributed by atoms with Gasteiger partial charge in [0, 0.05) is 31.4 Å². The highest BCUT2D eigenvalue weighted by Gasteiger charge is 2.43. The monoisotopic (exact) mass is 338 g/mol. The number of hydrogen-bond acceptors (Lipinski definition) is 1. The van der Waals surface area contributed by atoms with Gasteiger partial charge in [0.1, 0.15) is 6.54 Å². The Kier molecular flexibility index (Phi) is 4.68. The third-order valence-corrected chi connectivity index (χ3v) is 5.65. The van der Waals surface area contributed by atoms with Crippen LogP contribution in [0.4, 0.5) is 5.69 Å². The minimum absolute atomic E-state index is 0.0190. The first-order valence-corrected chi connectivity index (χ1v) is 9.19. The third-order valence-electron chi connectivity index (χ3n) is 5.65. The van der Waals surface area contributed by atoms with Gasteiger partial charge >= 0.3 is 5.97 Å². The number of benzene rings is 2. The summed E-state index contributed by atoms with van der Waals surface area (Å²) in [6.07, 6.45) is 3.01. The molecule has 0 atom stereocenters. The molecule has 0 unspecified atom stereocenters. The van der Waals surface area contributed by atoms with Crippen LogP contribution in [0.15, 0.2) is 30.3 Å². The maximum atomic E-state index is 10.7. The molecule has 0 spiro atoms. The molecule has 0 bridgehead atoms.